The van der Waals surface area contributed by atoms with E-state index in [9.17, 15) is 13.2 Å². The number of nitrogens with one attached hydrogen (secondary N) is 1. The summed E-state index contributed by atoms with van der Waals surface area (Å²) in [5.41, 5.74) is 7.37. The molecule has 0 aliphatic carbocycles. The van der Waals surface area contributed by atoms with Gasteiger partial charge in [0.2, 0.25) is 5.91 Å². The number of anilines is 1. The van der Waals surface area contributed by atoms with Crippen LogP contribution in [0.3, 0.4) is 0 Å². The predicted molar refractivity (Wildman–Crippen MR) is 81.7 cm³/mol. The maximum absolute atomic E-state index is 12.4. The van der Waals surface area contributed by atoms with Gasteiger partial charge in [0.05, 0.1) is 4.90 Å². The summed E-state index contributed by atoms with van der Waals surface area (Å²) in [5.74, 6) is -0.557. The summed E-state index contributed by atoms with van der Waals surface area (Å²) in [7, 11) is -3.67. The Morgan fingerprint density at radius 1 is 1.05 bits per heavy atom. The van der Waals surface area contributed by atoms with Crippen molar-refractivity contribution in [2.45, 2.75) is 18.7 Å². The van der Waals surface area contributed by atoms with Crippen molar-refractivity contribution in [1.82, 2.24) is 0 Å². The number of aryl methyl sites for hydroxylation is 2. The minimum absolute atomic E-state index is 0.237. The molecule has 0 aromatic heterocycles. The van der Waals surface area contributed by atoms with Crippen LogP contribution in [-0.4, -0.2) is 14.3 Å². The average molecular weight is 304 g/mol. The highest BCUT2D eigenvalue weighted by Crippen LogP contribution is 2.20. The van der Waals surface area contributed by atoms with E-state index < -0.39 is 15.9 Å². The SMILES string of the molecule is Cc1ccc(C)c(S(=O)(=O)Nc2ccc(C(N)=O)cc2)c1. The molecule has 2 rings (SSSR count). The standard InChI is InChI=1S/C15H16N2O3S/c1-10-3-4-11(2)14(9-10)21(19,20)17-13-7-5-12(6-8-13)15(16)18/h3-9,17H,1-2H3,(H2,16,18). The highest BCUT2D eigenvalue weighted by atomic mass is 32.2. The van der Waals surface area contributed by atoms with Gasteiger partial charge in [-0.1, -0.05) is 12.1 Å². The summed E-state index contributed by atoms with van der Waals surface area (Å²) in [6.07, 6.45) is 0. The molecule has 0 spiro atoms. The molecule has 110 valence electrons. The van der Waals surface area contributed by atoms with Crippen molar-refractivity contribution in [3.8, 4) is 0 Å². The molecule has 0 fully saturated rings. The number of carbonyl (C=O) groups excluding carboxylic acids is 1. The van der Waals surface area contributed by atoms with E-state index in [0.717, 1.165) is 5.56 Å². The van der Waals surface area contributed by atoms with Crippen molar-refractivity contribution in [2.24, 2.45) is 5.73 Å². The van der Waals surface area contributed by atoms with Crippen LogP contribution in [0, 0.1) is 13.8 Å². The molecule has 0 aliphatic heterocycles. The zero-order valence-corrected chi connectivity index (χ0v) is 12.6. The summed E-state index contributed by atoms with van der Waals surface area (Å²) in [6.45, 7) is 3.57. The zero-order chi connectivity index (χ0) is 15.6. The second-order valence-electron chi connectivity index (χ2n) is 4.82. The first-order valence-corrected chi connectivity index (χ1v) is 7.78. The molecule has 0 unspecified atom stereocenters. The second-order valence-corrected chi connectivity index (χ2v) is 6.47. The molecule has 3 N–H and O–H groups in total. The van der Waals surface area contributed by atoms with E-state index in [2.05, 4.69) is 4.72 Å². The maximum atomic E-state index is 12.4. The van der Waals surface area contributed by atoms with E-state index in [0.29, 0.717) is 16.8 Å². The lowest BCUT2D eigenvalue weighted by atomic mass is 10.2. The predicted octanol–water partition coefficient (Wildman–Crippen LogP) is 2.20. The molecule has 21 heavy (non-hydrogen) atoms. The molecule has 0 radical (unpaired) electrons. The smallest absolute Gasteiger partial charge is 0.262 e. The summed E-state index contributed by atoms with van der Waals surface area (Å²) in [6, 6.07) is 11.2. The van der Waals surface area contributed by atoms with Crippen LogP contribution in [0.25, 0.3) is 0 Å². The van der Waals surface area contributed by atoms with Gasteiger partial charge in [0.25, 0.3) is 10.0 Å². The molecular formula is C15H16N2O3S. The van der Waals surface area contributed by atoms with Crippen molar-refractivity contribution in [3.05, 3.63) is 59.2 Å². The Bertz CT molecular complexity index is 781. The van der Waals surface area contributed by atoms with Gasteiger partial charge >= 0.3 is 0 Å². The van der Waals surface area contributed by atoms with Crippen LogP contribution < -0.4 is 10.5 Å². The van der Waals surface area contributed by atoms with Crippen molar-refractivity contribution in [3.63, 3.8) is 0 Å². The Morgan fingerprint density at radius 2 is 1.67 bits per heavy atom. The van der Waals surface area contributed by atoms with E-state index in [1.807, 2.05) is 13.0 Å². The first-order valence-electron chi connectivity index (χ1n) is 6.29. The molecule has 0 atom stereocenters. The molecule has 2 aromatic carbocycles. The molecule has 6 heteroatoms. The minimum Gasteiger partial charge on any atom is -0.366 e. The van der Waals surface area contributed by atoms with Crippen LogP contribution in [0.15, 0.2) is 47.4 Å². The fourth-order valence-electron chi connectivity index (χ4n) is 1.91. The van der Waals surface area contributed by atoms with E-state index in [4.69, 9.17) is 5.73 Å². The quantitative estimate of drug-likeness (QED) is 0.907. The zero-order valence-electron chi connectivity index (χ0n) is 11.8. The van der Waals surface area contributed by atoms with Crippen LogP contribution in [0.1, 0.15) is 21.5 Å². The van der Waals surface area contributed by atoms with E-state index in [1.54, 1.807) is 19.1 Å². The summed E-state index contributed by atoms with van der Waals surface area (Å²) in [5, 5.41) is 0. The van der Waals surface area contributed by atoms with Gasteiger partial charge in [-0.2, -0.15) is 0 Å². The third kappa shape index (κ3) is 3.41. The highest BCUT2D eigenvalue weighted by Gasteiger charge is 2.17. The van der Waals surface area contributed by atoms with Gasteiger partial charge in [-0.15, -0.1) is 0 Å². The lowest BCUT2D eigenvalue weighted by Crippen LogP contribution is -2.15. The second kappa shape index (κ2) is 5.57. The van der Waals surface area contributed by atoms with Gasteiger partial charge < -0.3 is 5.73 Å². The third-order valence-electron chi connectivity index (χ3n) is 3.05. The summed E-state index contributed by atoms with van der Waals surface area (Å²) < 4.78 is 27.3. The molecule has 0 bridgehead atoms. The van der Waals surface area contributed by atoms with Crippen molar-refractivity contribution >= 4 is 21.6 Å². The molecular weight excluding hydrogens is 288 g/mol. The monoisotopic (exact) mass is 304 g/mol. The fraction of sp³-hybridized carbons (Fsp3) is 0.133. The third-order valence-corrected chi connectivity index (χ3v) is 4.58. The Hall–Kier alpha value is -2.34. The minimum atomic E-state index is -3.67. The average Bonchev–Trinajstić information content (AvgIpc) is 2.41. The van der Waals surface area contributed by atoms with Crippen LogP contribution in [0.4, 0.5) is 5.69 Å². The van der Waals surface area contributed by atoms with Crippen molar-refractivity contribution in [1.29, 1.82) is 0 Å². The van der Waals surface area contributed by atoms with E-state index in [1.165, 1.54) is 24.3 Å². The first-order chi connectivity index (χ1) is 9.79. The normalized spacial score (nSPS) is 11.1. The van der Waals surface area contributed by atoms with Crippen LogP contribution in [0.5, 0.6) is 0 Å². The number of benzene rings is 2. The molecule has 0 aliphatic rings. The Labute approximate surface area is 123 Å². The Morgan fingerprint density at radius 3 is 2.24 bits per heavy atom. The van der Waals surface area contributed by atoms with Gasteiger partial charge in [0.1, 0.15) is 0 Å². The highest BCUT2D eigenvalue weighted by molar-refractivity contribution is 7.92. The lowest BCUT2D eigenvalue weighted by molar-refractivity contribution is 0.100. The summed E-state index contributed by atoms with van der Waals surface area (Å²) >= 11 is 0. The van der Waals surface area contributed by atoms with E-state index in [-0.39, 0.29) is 4.90 Å². The number of primary amides is 1. The van der Waals surface area contributed by atoms with Crippen molar-refractivity contribution < 1.29 is 13.2 Å². The van der Waals surface area contributed by atoms with Crippen LogP contribution in [0.2, 0.25) is 0 Å². The van der Waals surface area contributed by atoms with E-state index >= 15 is 0 Å². The summed E-state index contributed by atoms with van der Waals surface area (Å²) in [4.78, 5) is 11.2. The number of amides is 1. The molecule has 0 saturated heterocycles. The number of rotatable bonds is 4. The van der Waals surface area contributed by atoms with Gasteiger partial charge in [-0.25, -0.2) is 8.42 Å². The molecule has 5 nitrogen and oxygen atoms in total. The van der Waals surface area contributed by atoms with Gasteiger partial charge in [-0.3, -0.25) is 9.52 Å². The Balaban J connectivity index is 2.33. The van der Waals surface area contributed by atoms with Crippen LogP contribution >= 0.6 is 0 Å². The Kier molecular flexibility index (Phi) is 3.99. The number of hydrogen-bond acceptors (Lipinski definition) is 3. The molecule has 1 amide bonds. The van der Waals surface area contributed by atoms with Gasteiger partial charge in [0.15, 0.2) is 0 Å². The van der Waals surface area contributed by atoms with Gasteiger partial charge in [-0.05, 0) is 55.3 Å². The van der Waals surface area contributed by atoms with Crippen LogP contribution in [-0.2, 0) is 10.0 Å². The molecule has 0 heterocycles. The number of hydrogen-bond donors (Lipinski definition) is 2. The van der Waals surface area contributed by atoms with Gasteiger partial charge in [0, 0.05) is 11.3 Å². The molecule has 0 saturated carbocycles. The lowest BCUT2D eigenvalue weighted by Gasteiger charge is -2.11. The molecule has 2 aromatic rings. The maximum Gasteiger partial charge on any atom is 0.262 e. The fourth-order valence-corrected chi connectivity index (χ4v) is 3.30. The number of nitrogens with two attached hydrogens (primary N) is 1. The number of sulfonamides is 1. The topological polar surface area (TPSA) is 89.3 Å². The van der Waals surface area contributed by atoms with Crippen molar-refractivity contribution in [2.75, 3.05) is 4.72 Å². The largest absolute Gasteiger partial charge is 0.366 e. The first kappa shape index (κ1) is 15.1. The number of carbonyl (C=O) groups is 1.